The third kappa shape index (κ3) is 4.09. The van der Waals surface area contributed by atoms with E-state index in [1.807, 2.05) is 19.1 Å². The Morgan fingerprint density at radius 2 is 1.81 bits per heavy atom. The summed E-state index contributed by atoms with van der Waals surface area (Å²) in [5.41, 5.74) is 6.39. The third-order valence-corrected chi connectivity index (χ3v) is 6.44. The van der Waals surface area contributed by atoms with Crippen LogP contribution in [0.2, 0.25) is 0 Å². The molecule has 5 heteroatoms. The van der Waals surface area contributed by atoms with Crippen LogP contribution in [-0.4, -0.2) is 20.6 Å². The summed E-state index contributed by atoms with van der Waals surface area (Å²) in [4.78, 5) is 9.70. The topological polar surface area (TPSA) is 55.9 Å². The molecule has 1 aromatic carbocycles. The fourth-order valence-corrected chi connectivity index (χ4v) is 4.68. The molecule has 0 bridgehead atoms. The van der Waals surface area contributed by atoms with E-state index in [1.54, 1.807) is 6.26 Å². The van der Waals surface area contributed by atoms with Crippen LogP contribution >= 0.6 is 0 Å². The maximum absolute atomic E-state index is 5.69. The van der Waals surface area contributed by atoms with Crippen LogP contribution in [0.1, 0.15) is 49.4 Å². The van der Waals surface area contributed by atoms with Gasteiger partial charge in [0, 0.05) is 17.4 Å². The summed E-state index contributed by atoms with van der Waals surface area (Å²) in [5, 5.41) is 3.72. The van der Waals surface area contributed by atoms with Gasteiger partial charge < -0.3 is 14.3 Å². The van der Waals surface area contributed by atoms with Crippen molar-refractivity contribution in [3.8, 4) is 11.6 Å². The third-order valence-electron chi connectivity index (χ3n) is 6.44. The number of aryl methyl sites for hydroxylation is 2. The van der Waals surface area contributed by atoms with Crippen LogP contribution in [0.4, 0.5) is 5.69 Å². The maximum Gasteiger partial charge on any atom is 0.178 e. The van der Waals surface area contributed by atoms with Gasteiger partial charge in [-0.3, -0.25) is 0 Å². The number of fused-ring (bicyclic) bond motifs is 1. The van der Waals surface area contributed by atoms with Gasteiger partial charge in [0.15, 0.2) is 17.2 Å². The average molecular weight is 415 g/mol. The Kier molecular flexibility index (Phi) is 5.26. The van der Waals surface area contributed by atoms with Gasteiger partial charge in [-0.1, -0.05) is 19.1 Å². The Morgan fingerprint density at radius 3 is 2.52 bits per heavy atom. The number of hydrogen-bond donors (Lipinski definition) is 1. The lowest BCUT2D eigenvalue weighted by Gasteiger charge is -2.27. The highest BCUT2D eigenvalue weighted by molar-refractivity contribution is 5.79. The molecule has 0 spiro atoms. The van der Waals surface area contributed by atoms with Gasteiger partial charge in [-0.25, -0.2) is 9.97 Å². The molecular weight excluding hydrogens is 384 g/mol. The first-order valence-electron chi connectivity index (χ1n) is 11.3. The van der Waals surface area contributed by atoms with Gasteiger partial charge in [0.25, 0.3) is 0 Å². The second kappa shape index (κ2) is 8.22. The van der Waals surface area contributed by atoms with E-state index < -0.39 is 0 Å². The molecular formula is C26H30N4O. The molecule has 160 valence electrons. The fraction of sp³-hybridized carbons (Fsp3) is 0.385. The van der Waals surface area contributed by atoms with Crippen LogP contribution in [0, 0.1) is 19.8 Å². The molecule has 0 amide bonds. The van der Waals surface area contributed by atoms with Crippen LogP contribution in [0.25, 0.3) is 22.7 Å². The highest BCUT2D eigenvalue weighted by Crippen LogP contribution is 2.29. The van der Waals surface area contributed by atoms with Gasteiger partial charge >= 0.3 is 0 Å². The smallest absolute Gasteiger partial charge is 0.178 e. The summed E-state index contributed by atoms with van der Waals surface area (Å²) in [6.45, 7) is 7.18. The minimum atomic E-state index is 0.598. The molecule has 4 aromatic rings. The van der Waals surface area contributed by atoms with Gasteiger partial charge in [-0.2, -0.15) is 0 Å². The van der Waals surface area contributed by atoms with Gasteiger partial charge in [0.1, 0.15) is 5.52 Å². The monoisotopic (exact) mass is 414 g/mol. The Bertz CT molecular complexity index is 1170. The lowest BCUT2D eigenvalue weighted by molar-refractivity contribution is 0.361. The fourth-order valence-electron chi connectivity index (χ4n) is 4.68. The summed E-state index contributed by atoms with van der Waals surface area (Å²) in [5.74, 6) is 2.45. The normalized spacial score (nSPS) is 19.1. The van der Waals surface area contributed by atoms with Crippen molar-refractivity contribution in [1.82, 2.24) is 14.5 Å². The lowest BCUT2D eigenvalue weighted by atomic mass is 9.87. The first-order valence-corrected chi connectivity index (χ1v) is 11.3. The lowest BCUT2D eigenvalue weighted by Crippen LogP contribution is -2.25. The van der Waals surface area contributed by atoms with Crippen LogP contribution in [-0.2, 0) is 6.54 Å². The van der Waals surface area contributed by atoms with Gasteiger partial charge in [0.05, 0.1) is 12.8 Å². The quantitative estimate of drug-likeness (QED) is 0.413. The van der Waals surface area contributed by atoms with Crippen molar-refractivity contribution < 1.29 is 4.42 Å². The summed E-state index contributed by atoms with van der Waals surface area (Å²) in [6.07, 6.45) is 6.87. The van der Waals surface area contributed by atoms with E-state index in [-0.39, 0.29) is 0 Å². The molecule has 31 heavy (non-hydrogen) atoms. The molecule has 5 rings (SSSR count). The maximum atomic E-state index is 5.69. The second-order valence-electron chi connectivity index (χ2n) is 9.05. The zero-order valence-electron chi connectivity index (χ0n) is 18.6. The van der Waals surface area contributed by atoms with Gasteiger partial charge in [0.2, 0.25) is 0 Å². The Balaban J connectivity index is 1.43. The number of rotatable bonds is 5. The minimum Gasteiger partial charge on any atom is -0.461 e. The van der Waals surface area contributed by atoms with E-state index in [2.05, 4.69) is 54.1 Å². The molecule has 5 nitrogen and oxygen atoms in total. The number of benzene rings is 1. The molecule has 0 unspecified atom stereocenters. The molecule has 0 aliphatic heterocycles. The highest BCUT2D eigenvalue weighted by Gasteiger charge is 2.19. The number of anilines is 1. The van der Waals surface area contributed by atoms with Crippen molar-refractivity contribution in [2.24, 2.45) is 5.92 Å². The molecule has 0 radical (unpaired) electrons. The molecule has 1 aliphatic carbocycles. The molecule has 0 saturated heterocycles. The van der Waals surface area contributed by atoms with E-state index in [0.717, 1.165) is 39.9 Å². The predicted molar refractivity (Wildman–Crippen MR) is 125 cm³/mol. The van der Waals surface area contributed by atoms with Crippen molar-refractivity contribution in [3.05, 3.63) is 65.5 Å². The van der Waals surface area contributed by atoms with Gasteiger partial charge in [-0.15, -0.1) is 0 Å². The van der Waals surface area contributed by atoms with E-state index >= 15 is 0 Å². The van der Waals surface area contributed by atoms with Crippen molar-refractivity contribution in [1.29, 1.82) is 0 Å². The molecule has 3 heterocycles. The van der Waals surface area contributed by atoms with Crippen molar-refractivity contribution in [3.63, 3.8) is 0 Å². The molecule has 1 fully saturated rings. The number of aromatic nitrogens is 3. The van der Waals surface area contributed by atoms with Crippen LogP contribution in [0.15, 0.2) is 53.1 Å². The number of pyridine rings is 1. The Morgan fingerprint density at radius 1 is 1.03 bits per heavy atom. The molecule has 0 atom stereocenters. The molecule has 3 aromatic heterocycles. The SMILES string of the molecule is Cc1cc(C)c2nc(-c3ccco3)n(Cc3ccc(NC4CCC(C)CC4)cc3)c2n1. The number of furan rings is 1. The number of imidazole rings is 1. The largest absolute Gasteiger partial charge is 0.461 e. The van der Waals surface area contributed by atoms with Crippen molar-refractivity contribution in [2.45, 2.75) is 59.0 Å². The van der Waals surface area contributed by atoms with E-state index in [0.29, 0.717) is 12.6 Å². The summed E-state index contributed by atoms with van der Waals surface area (Å²) in [6, 6.07) is 15.3. The van der Waals surface area contributed by atoms with Crippen molar-refractivity contribution in [2.75, 3.05) is 5.32 Å². The number of hydrogen-bond acceptors (Lipinski definition) is 4. The highest BCUT2D eigenvalue weighted by atomic mass is 16.3. The Hall–Kier alpha value is -3.08. The number of nitrogens with one attached hydrogen (secondary N) is 1. The first kappa shape index (κ1) is 19.9. The zero-order valence-corrected chi connectivity index (χ0v) is 18.6. The number of nitrogens with zero attached hydrogens (tertiary/aromatic N) is 3. The Labute approximate surface area is 183 Å². The van der Waals surface area contributed by atoms with Crippen LogP contribution in [0.5, 0.6) is 0 Å². The van der Waals surface area contributed by atoms with Gasteiger partial charge in [-0.05, 0) is 86.9 Å². The molecule has 1 aliphatic rings. The average Bonchev–Trinajstić information content (AvgIpc) is 3.40. The zero-order chi connectivity index (χ0) is 21.4. The summed E-state index contributed by atoms with van der Waals surface area (Å²) in [7, 11) is 0. The standard InChI is InChI=1S/C26H30N4O/c1-17-6-10-21(11-7-17)28-22-12-8-20(9-13-22)16-30-25(23-5-4-14-31-23)29-24-18(2)15-19(3)27-26(24)30/h4-5,8-9,12-15,17,21,28H,6-7,10-11,16H2,1-3H3. The van der Waals surface area contributed by atoms with Crippen LogP contribution in [0.3, 0.4) is 0 Å². The summed E-state index contributed by atoms with van der Waals surface area (Å²) < 4.78 is 7.85. The van der Waals surface area contributed by atoms with E-state index in [9.17, 15) is 0 Å². The predicted octanol–water partition coefficient (Wildman–Crippen LogP) is 6.35. The van der Waals surface area contributed by atoms with E-state index in [4.69, 9.17) is 14.4 Å². The van der Waals surface area contributed by atoms with Crippen LogP contribution < -0.4 is 5.32 Å². The van der Waals surface area contributed by atoms with Crippen molar-refractivity contribution >= 4 is 16.9 Å². The van der Waals surface area contributed by atoms with E-state index in [1.165, 1.54) is 36.9 Å². The summed E-state index contributed by atoms with van der Waals surface area (Å²) >= 11 is 0. The first-order chi connectivity index (χ1) is 15.1. The molecule has 1 saturated carbocycles. The minimum absolute atomic E-state index is 0.598. The molecule has 1 N–H and O–H groups in total. The second-order valence-corrected chi connectivity index (χ2v) is 9.05.